The van der Waals surface area contributed by atoms with E-state index in [1.807, 2.05) is 59.4 Å². The summed E-state index contributed by atoms with van der Waals surface area (Å²) in [5.74, 6) is -6.77. The van der Waals surface area contributed by atoms with Crippen molar-refractivity contribution in [1.29, 1.82) is 0 Å². The summed E-state index contributed by atoms with van der Waals surface area (Å²) < 4.78 is 50.2. The van der Waals surface area contributed by atoms with E-state index in [1.54, 1.807) is 12.1 Å². The molecule has 5 heterocycles. The second-order valence-electron chi connectivity index (χ2n) is 17.5. The molecule has 0 radical (unpaired) electrons. The number of imide groups is 1. The third kappa shape index (κ3) is 9.35. The van der Waals surface area contributed by atoms with Crippen molar-refractivity contribution in [2.24, 2.45) is 5.92 Å². The standard InChI is InChI=1S/C47H50F3N9O6/c1-27-2-5-30(21-39(27)58-19-14-40(60)54-47(58)64)45(63)56-15-10-34(11-16-56)65-35-12-17-57(18-13-35)46-52-24-32(25-53-46)29-6-7-31-26-59(55-38(31)20-29)33-8-3-28(4-9-33)23-51-44(62)36-22-37(48)43(61)42(50)41(36)49/h2,5-7,20-22,24-26,28,33-35,61H,3-4,8-19,23H2,1H3,(H,51,62)(H,54,60,64)/t28-,33-. The number of aromatic nitrogens is 4. The summed E-state index contributed by atoms with van der Waals surface area (Å²) in [6.07, 6.45) is 12.5. The third-order valence-corrected chi connectivity index (χ3v) is 13.3. The number of nitrogens with zero attached hydrogens (tertiary/aromatic N) is 7. The predicted octanol–water partition coefficient (Wildman–Crippen LogP) is 6.82. The third-order valence-electron chi connectivity index (χ3n) is 13.3. The smallest absolute Gasteiger partial charge is 0.328 e. The van der Waals surface area contributed by atoms with Gasteiger partial charge in [-0.15, -0.1) is 0 Å². The first-order chi connectivity index (χ1) is 31.4. The molecule has 4 fully saturated rings. The maximum atomic E-state index is 14.2. The van der Waals surface area contributed by atoms with Crippen LogP contribution in [0.4, 0.5) is 29.6 Å². The van der Waals surface area contributed by atoms with Crippen molar-refractivity contribution in [2.45, 2.75) is 83.0 Å². The van der Waals surface area contributed by atoms with Crippen LogP contribution in [0.2, 0.25) is 0 Å². The number of ether oxygens (including phenoxy) is 1. The van der Waals surface area contributed by atoms with Crippen LogP contribution in [0.15, 0.2) is 61.1 Å². The van der Waals surface area contributed by atoms with Crippen molar-refractivity contribution in [3.8, 4) is 16.9 Å². The highest BCUT2D eigenvalue weighted by Crippen LogP contribution is 2.34. The number of piperidine rings is 2. The zero-order valence-corrected chi connectivity index (χ0v) is 35.9. The molecule has 4 aliphatic rings. The molecule has 0 atom stereocenters. The van der Waals surface area contributed by atoms with Crippen LogP contribution in [0, 0.1) is 30.3 Å². The Labute approximate surface area is 372 Å². The number of anilines is 2. The van der Waals surface area contributed by atoms with Gasteiger partial charge in [-0.3, -0.25) is 29.3 Å². The Balaban J connectivity index is 0.718. The van der Waals surface area contributed by atoms with Crippen LogP contribution >= 0.6 is 0 Å². The summed E-state index contributed by atoms with van der Waals surface area (Å²) in [6.45, 7) is 5.08. The molecular formula is C47H50F3N9O6. The Morgan fingerprint density at radius 1 is 0.846 bits per heavy atom. The van der Waals surface area contributed by atoms with E-state index >= 15 is 0 Å². The molecule has 1 saturated carbocycles. The predicted molar refractivity (Wildman–Crippen MR) is 234 cm³/mol. The molecule has 3 aliphatic heterocycles. The number of fused-ring (bicyclic) bond motifs is 1. The molecule has 5 amide bonds. The van der Waals surface area contributed by atoms with Gasteiger partial charge in [0.15, 0.2) is 17.4 Å². The number of likely N-dealkylation sites (tertiary alicyclic amines) is 1. The second-order valence-corrected chi connectivity index (χ2v) is 17.5. The van der Waals surface area contributed by atoms with Crippen LogP contribution in [0.25, 0.3) is 22.0 Å². The number of aromatic hydroxyl groups is 1. The number of hydrogen-bond acceptors (Lipinski definition) is 10. The monoisotopic (exact) mass is 893 g/mol. The minimum Gasteiger partial charge on any atom is -0.503 e. The van der Waals surface area contributed by atoms with Crippen LogP contribution in [0.5, 0.6) is 5.75 Å². The van der Waals surface area contributed by atoms with E-state index in [-0.39, 0.29) is 55.5 Å². The Morgan fingerprint density at radius 3 is 2.26 bits per heavy atom. The van der Waals surface area contributed by atoms with Crippen molar-refractivity contribution in [3.05, 3.63) is 95.2 Å². The SMILES string of the molecule is Cc1ccc(C(=O)N2CCC(OC3CCN(c4ncc(-c5ccc6cn([C@H]7CC[C@H](CNC(=O)c8cc(F)c(O)c(F)c8F)CC7)nc6c5)cn4)CC3)CC2)cc1N1CCC(=O)NC1=O. The molecular weight excluding hydrogens is 844 g/mol. The van der Waals surface area contributed by atoms with E-state index in [9.17, 15) is 37.5 Å². The lowest BCUT2D eigenvalue weighted by Crippen LogP contribution is -2.50. The summed E-state index contributed by atoms with van der Waals surface area (Å²) in [4.78, 5) is 65.1. The zero-order valence-electron chi connectivity index (χ0n) is 35.9. The molecule has 2 aromatic heterocycles. The molecule has 65 heavy (non-hydrogen) atoms. The number of benzene rings is 3. The molecule has 15 nitrogen and oxygen atoms in total. The lowest BCUT2D eigenvalue weighted by atomic mass is 9.86. The highest BCUT2D eigenvalue weighted by atomic mass is 19.2. The second kappa shape index (κ2) is 18.5. The lowest BCUT2D eigenvalue weighted by Gasteiger charge is -2.37. The molecule has 1 aliphatic carbocycles. The quantitative estimate of drug-likeness (QED) is 0.126. The van der Waals surface area contributed by atoms with Gasteiger partial charge >= 0.3 is 6.03 Å². The largest absolute Gasteiger partial charge is 0.503 e. The first-order valence-corrected chi connectivity index (χ1v) is 22.3. The van der Waals surface area contributed by atoms with Crippen LogP contribution in [0.1, 0.15) is 90.1 Å². The number of aryl methyl sites for hydroxylation is 1. The summed E-state index contributed by atoms with van der Waals surface area (Å²) in [5.41, 5.74) is 3.89. The van der Waals surface area contributed by atoms with Crippen molar-refractivity contribution in [3.63, 3.8) is 0 Å². The van der Waals surface area contributed by atoms with Gasteiger partial charge in [0.2, 0.25) is 17.7 Å². The van der Waals surface area contributed by atoms with Gasteiger partial charge in [-0.05, 0) is 99.6 Å². The highest BCUT2D eigenvalue weighted by Gasteiger charge is 2.31. The van der Waals surface area contributed by atoms with Crippen LogP contribution in [-0.2, 0) is 9.53 Å². The number of hydrogen-bond donors (Lipinski definition) is 3. The number of urea groups is 1. The molecule has 9 rings (SSSR count). The molecule has 0 bridgehead atoms. The fraction of sp³-hybridized carbons (Fsp3) is 0.426. The van der Waals surface area contributed by atoms with Gasteiger partial charge in [0.05, 0.1) is 29.3 Å². The number of carbonyl (C=O) groups excluding carboxylic acids is 4. The van der Waals surface area contributed by atoms with Gasteiger partial charge in [-0.25, -0.2) is 23.5 Å². The van der Waals surface area contributed by atoms with E-state index in [1.165, 1.54) is 4.90 Å². The Bertz CT molecular complexity index is 2620. The number of amides is 5. The molecule has 3 saturated heterocycles. The Morgan fingerprint density at radius 2 is 1.55 bits per heavy atom. The Hall–Kier alpha value is -6.56. The summed E-state index contributed by atoms with van der Waals surface area (Å²) in [5, 5.41) is 20.1. The van der Waals surface area contributed by atoms with Gasteiger partial charge in [-0.2, -0.15) is 9.49 Å². The fourth-order valence-electron chi connectivity index (χ4n) is 9.40. The normalized spacial score (nSPS) is 20.0. The maximum absolute atomic E-state index is 14.2. The van der Waals surface area contributed by atoms with Crippen molar-refractivity contribution in [1.82, 2.24) is 35.3 Å². The van der Waals surface area contributed by atoms with E-state index in [0.717, 1.165) is 92.0 Å². The number of halogens is 3. The van der Waals surface area contributed by atoms with E-state index < -0.39 is 40.7 Å². The van der Waals surface area contributed by atoms with Crippen molar-refractivity contribution >= 4 is 46.3 Å². The zero-order chi connectivity index (χ0) is 45.4. The van der Waals surface area contributed by atoms with Crippen molar-refractivity contribution < 1.29 is 42.2 Å². The topological polar surface area (TPSA) is 175 Å². The number of phenols is 1. The van der Waals surface area contributed by atoms with E-state index in [0.29, 0.717) is 36.4 Å². The molecule has 340 valence electrons. The first-order valence-electron chi connectivity index (χ1n) is 22.3. The average Bonchev–Trinajstić information content (AvgIpc) is 3.76. The highest BCUT2D eigenvalue weighted by molar-refractivity contribution is 6.06. The maximum Gasteiger partial charge on any atom is 0.328 e. The Kier molecular flexibility index (Phi) is 12.4. The molecule has 3 N–H and O–H groups in total. The molecule has 0 spiro atoms. The minimum absolute atomic E-state index is 0.0663. The summed E-state index contributed by atoms with van der Waals surface area (Å²) in [6, 6.07) is 11.7. The number of rotatable bonds is 10. The van der Waals surface area contributed by atoms with Gasteiger partial charge < -0.3 is 25.0 Å². The van der Waals surface area contributed by atoms with Crippen LogP contribution < -0.4 is 20.4 Å². The molecule has 0 unspecified atom stereocenters. The minimum atomic E-state index is -1.79. The number of phenolic OH excluding ortho intramolecular Hbond substituents is 1. The summed E-state index contributed by atoms with van der Waals surface area (Å²) in [7, 11) is 0. The van der Waals surface area contributed by atoms with Crippen molar-refractivity contribution in [2.75, 3.05) is 49.1 Å². The molecule has 5 aromatic rings. The van der Waals surface area contributed by atoms with Gasteiger partial charge in [0.25, 0.3) is 11.8 Å². The summed E-state index contributed by atoms with van der Waals surface area (Å²) >= 11 is 0. The van der Waals surface area contributed by atoms with E-state index in [4.69, 9.17) is 19.8 Å². The number of nitrogens with one attached hydrogen (secondary N) is 2. The first kappa shape index (κ1) is 43.7. The van der Waals surface area contributed by atoms with Crippen LogP contribution in [-0.4, -0.2) is 105 Å². The molecule has 3 aromatic carbocycles. The van der Waals surface area contributed by atoms with Crippen LogP contribution in [0.3, 0.4) is 0 Å². The van der Waals surface area contributed by atoms with Gasteiger partial charge in [0, 0.05) is 86.5 Å². The van der Waals surface area contributed by atoms with Gasteiger partial charge in [0.1, 0.15) is 0 Å². The number of carbonyl (C=O) groups is 4. The average molecular weight is 894 g/mol. The van der Waals surface area contributed by atoms with Gasteiger partial charge in [-0.1, -0.05) is 18.2 Å². The fourth-order valence-corrected chi connectivity index (χ4v) is 9.40. The molecule has 18 heteroatoms. The lowest BCUT2D eigenvalue weighted by molar-refractivity contribution is -0.120. The van der Waals surface area contributed by atoms with E-state index in [2.05, 4.69) is 15.5 Å².